The first-order valence-corrected chi connectivity index (χ1v) is 12.0. The molecule has 168 valence electrons. The fourth-order valence-electron chi connectivity index (χ4n) is 4.06. The maximum absolute atomic E-state index is 13.6. The first-order chi connectivity index (χ1) is 16.3. The second-order valence-electron chi connectivity index (χ2n) is 8.01. The fraction of sp³-hybridized carbons (Fsp3) is 0.280. The molecule has 1 aliphatic rings. The van der Waals surface area contributed by atoms with E-state index < -0.39 is 5.25 Å². The average Bonchev–Trinajstić information content (AvgIpc) is 3.54. The zero-order valence-corrected chi connectivity index (χ0v) is 19.0. The van der Waals surface area contributed by atoms with Gasteiger partial charge < -0.3 is 9.32 Å². The third kappa shape index (κ3) is 4.85. The minimum atomic E-state index is -0.398. The maximum Gasteiger partial charge on any atom is 0.240 e. The van der Waals surface area contributed by atoms with Gasteiger partial charge in [-0.2, -0.15) is 0 Å². The van der Waals surface area contributed by atoms with Gasteiger partial charge in [0, 0.05) is 31.0 Å². The molecule has 1 amide bonds. The number of benzene rings is 1. The van der Waals surface area contributed by atoms with E-state index in [0.717, 1.165) is 42.8 Å². The van der Waals surface area contributed by atoms with Crippen LogP contribution >= 0.6 is 11.8 Å². The van der Waals surface area contributed by atoms with Gasteiger partial charge in [-0.3, -0.25) is 14.3 Å². The Balaban J connectivity index is 1.52. The summed E-state index contributed by atoms with van der Waals surface area (Å²) < 4.78 is 7.61. The Kier molecular flexibility index (Phi) is 6.53. The molecule has 7 nitrogen and oxygen atoms in total. The Morgan fingerprint density at radius 1 is 1.00 bits per heavy atom. The van der Waals surface area contributed by atoms with E-state index in [2.05, 4.69) is 15.2 Å². The van der Waals surface area contributed by atoms with Crippen molar-refractivity contribution in [2.75, 3.05) is 13.1 Å². The topological polar surface area (TPSA) is 77.0 Å². The van der Waals surface area contributed by atoms with Crippen molar-refractivity contribution in [1.29, 1.82) is 0 Å². The lowest BCUT2D eigenvalue weighted by molar-refractivity contribution is -0.131. The molecule has 1 aromatic carbocycles. The summed E-state index contributed by atoms with van der Waals surface area (Å²) in [6.45, 7) is 2.08. The van der Waals surface area contributed by atoms with Crippen LogP contribution in [0.5, 0.6) is 0 Å². The second kappa shape index (κ2) is 10.0. The molecule has 4 aromatic rings. The van der Waals surface area contributed by atoms with Crippen molar-refractivity contribution in [2.24, 2.45) is 0 Å². The second-order valence-corrected chi connectivity index (χ2v) is 9.08. The van der Waals surface area contributed by atoms with Gasteiger partial charge in [0.05, 0.1) is 12.8 Å². The van der Waals surface area contributed by atoms with Crippen molar-refractivity contribution < 1.29 is 9.21 Å². The summed E-state index contributed by atoms with van der Waals surface area (Å²) in [7, 11) is 0. The number of piperidine rings is 1. The van der Waals surface area contributed by atoms with Gasteiger partial charge in [-0.1, -0.05) is 42.1 Å². The lowest BCUT2D eigenvalue weighted by atomic mass is 10.1. The van der Waals surface area contributed by atoms with Gasteiger partial charge in [-0.05, 0) is 49.1 Å². The van der Waals surface area contributed by atoms with Crippen molar-refractivity contribution in [2.45, 2.75) is 36.2 Å². The fourth-order valence-corrected chi connectivity index (χ4v) is 5.18. The van der Waals surface area contributed by atoms with E-state index in [1.165, 1.54) is 18.2 Å². The first-order valence-electron chi connectivity index (χ1n) is 11.2. The highest BCUT2D eigenvalue weighted by atomic mass is 32.2. The molecule has 0 radical (unpaired) electrons. The molecule has 3 aromatic heterocycles. The SMILES string of the molecule is O=C(C(Sc1nnc(-c2cccnc2)n1Cc1ccco1)c1ccccc1)N1CCCCC1. The first kappa shape index (κ1) is 21.5. The highest BCUT2D eigenvalue weighted by Gasteiger charge is 2.30. The van der Waals surface area contributed by atoms with Crippen LogP contribution in [0.15, 0.2) is 82.8 Å². The van der Waals surface area contributed by atoms with Gasteiger partial charge in [-0.15, -0.1) is 10.2 Å². The van der Waals surface area contributed by atoms with Crippen LogP contribution < -0.4 is 0 Å². The summed E-state index contributed by atoms with van der Waals surface area (Å²) in [5.41, 5.74) is 1.83. The number of aromatic nitrogens is 4. The number of furan rings is 1. The third-order valence-corrected chi connectivity index (χ3v) is 6.97. The summed E-state index contributed by atoms with van der Waals surface area (Å²) >= 11 is 1.44. The van der Waals surface area contributed by atoms with Crippen LogP contribution in [0.1, 0.15) is 35.8 Å². The molecule has 1 fully saturated rings. The Morgan fingerprint density at radius 2 is 1.85 bits per heavy atom. The van der Waals surface area contributed by atoms with Gasteiger partial charge in [-0.25, -0.2) is 0 Å². The molecule has 0 N–H and O–H groups in total. The molecule has 1 unspecified atom stereocenters. The summed E-state index contributed by atoms with van der Waals surface area (Å²) in [5, 5.41) is 9.25. The van der Waals surface area contributed by atoms with Crippen LogP contribution in [-0.4, -0.2) is 43.6 Å². The standard InChI is InChI=1S/C25H25N5O2S/c31-24(29-14-5-2-6-15-29)22(19-9-3-1-4-10-19)33-25-28-27-23(20-11-7-13-26-17-20)30(25)18-21-12-8-16-32-21/h1,3-4,7-13,16-17,22H,2,5-6,14-15,18H2. The van der Waals surface area contributed by atoms with Crippen LogP contribution in [0.3, 0.4) is 0 Å². The number of hydrogen-bond donors (Lipinski definition) is 0. The van der Waals surface area contributed by atoms with Gasteiger partial charge in [0.25, 0.3) is 0 Å². The molecule has 33 heavy (non-hydrogen) atoms. The van der Waals surface area contributed by atoms with Crippen molar-refractivity contribution >= 4 is 17.7 Å². The van der Waals surface area contributed by atoms with Gasteiger partial charge in [0.2, 0.25) is 5.91 Å². The zero-order valence-electron chi connectivity index (χ0n) is 18.2. The number of thioether (sulfide) groups is 1. The number of nitrogens with zero attached hydrogens (tertiary/aromatic N) is 5. The van der Waals surface area contributed by atoms with E-state index in [1.54, 1.807) is 18.7 Å². The van der Waals surface area contributed by atoms with Crippen molar-refractivity contribution in [3.8, 4) is 11.4 Å². The Hall–Kier alpha value is -3.39. The number of pyridine rings is 1. The van der Waals surface area contributed by atoms with E-state index in [0.29, 0.717) is 17.5 Å². The summed E-state index contributed by atoms with van der Waals surface area (Å²) in [5.74, 6) is 1.61. The molecule has 1 saturated heterocycles. The van der Waals surface area contributed by atoms with Crippen LogP contribution in [0.25, 0.3) is 11.4 Å². The molecule has 5 rings (SSSR count). The van der Waals surface area contributed by atoms with Crippen LogP contribution in [0.4, 0.5) is 0 Å². The van der Waals surface area contributed by atoms with E-state index in [4.69, 9.17) is 4.42 Å². The molecule has 1 aliphatic heterocycles. The lowest BCUT2D eigenvalue weighted by Crippen LogP contribution is -2.38. The number of rotatable bonds is 7. The quantitative estimate of drug-likeness (QED) is 0.369. The molecule has 0 spiro atoms. The number of carbonyl (C=O) groups is 1. The highest BCUT2D eigenvalue weighted by molar-refractivity contribution is 8.00. The van der Waals surface area contributed by atoms with Crippen molar-refractivity contribution in [1.82, 2.24) is 24.6 Å². The van der Waals surface area contributed by atoms with Gasteiger partial charge >= 0.3 is 0 Å². The number of carbonyl (C=O) groups excluding carboxylic acids is 1. The molecule has 0 aliphatic carbocycles. The van der Waals surface area contributed by atoms with Gasteiger partial charge in [0.15, 0.2) is 11.0 Å². The Labute approximate surface area is 196 Å². The molecular weight excluding hydrogens is 434 g/mol. The summed E-state index contributed by atoms with van der Waals surface area (Å²) in [6.07, 6.45) is 8.44. The molecular formula is C25H25N5O2S. The normalized spacial score (nSPS) is 14.8. The summed E-state index contributed by atoms with van der Waals surface area (Å²) in [6, 6.07) is 17.6. The van der Waals surface area contributed by atoms with E-state index in [9.17, 15) is 4.79 Å². The van der Waals surface area contributed by atoms with Crippen LogP contribution in [-0.2, 0) is 11.3 Å². The van der Waals surface area contributed by atoms with Crippen LogP contribution in [0.2, 0.25) is 0 Å². The zero-order chi connectivity index (χ0) is 22.5. The van der Waals surface area contributed by atoms with Crippen molar-refractivity contribution in [3.63, 3.8) is 0 Å². The van der Waals surface area contributed by atoms with E-state index >= 15 is 0 Å². The third-order valence-electron chi connectivity index (χ3n) is 5.75. The monoisotopic (exact) mass is 459 g/mol. The Morgan fingerprint density at radius 3 is 2.58 bits per heavy atom. The predicted molar refractivity (Wildman–Crippen MR) is 127 cm³/mol. The molecule has 0 bridgehead atoms. The average molecular weight is 460 g/mol. The van der Waals surface area contributed by atoms with Gasteiger partial charge in [0.1, 0.15) is 11.0 Å². The molecule has 4 heterocycles. The Bertz CT molecular complexity index is 1170. The smallest absolute Gasteiger partial charge is 0.240 e. The molecule has 8 heteroatoms. The minimum absolute atomic E-state index is 0.126. The largest absolute Gasteiger partial charge is 0.467 e. The lowest BCUT2D eigenvalue weighted by Gasteiger charge is -2.30. The maximum atomic E-state index is 13.6. The van der Waals surface area contributed by atoms with E-state index in [-0.39, 0.29) is 5.91 Å². The number of amides is 1. The van der Waals surface area contributed by atoms with Crippen molar-refractivity contribution in [3.05, 3.63) is 84.6 Å². The number of hydrogen-bond acceptors (Lipinski definition) is 6. The summed E-state index contributed by atoms with van der Waals surface area (Å²) in [4.78, 5) is 19.9. The minimum Gasteiger partial charge on any atom is -0.467 e. The molecule has 1 atom stereocenters. The van der Waals surface area contributed by atoms with Crippen LogP contribution in [0, 0.1) is 0 Å². The van der Waals surface area contributed by atoms with E-state index in [1.807, 2.05) is 64.1 Å². The number of likely N-dealkylation sites (tertiary alicyclic amines) is 1. The molecule has 0 saturated carbocycles. The predicted octanol–water partition coefficient (Wildman–Crippen LogP) is 4.83. The highest BCUT2D eigenvalue weighted by Crippen LogP contribution is 2.38.